The van der Waals surface area contributed by atoms with Gasteiger partial charge in [0.15, 0.2) is 11.9 Å². The van der Waals surface area contributed by atoms with Crippen molar-refractivity contribution in [3.8, 4) is 0 Å². The fourth-order valence-corrected chi connectivity index (χ4v) is 0.775. The highest BCUT2D eigenvalue weighted by Crippen LogP contribution is 1.86. The average Bonchev–Trinajstić information content (AvgIpc) is 2.45. The lowest BCUT2D eigenvalue weighted by atomic mass is 10.3. The number of aliphatic imine (C=N–C) groups is 2. The number of carboxylic acid groups (broad SMARTS) is 4. The SMILES string of the molecule is NC(N)=NCCC(=O)O.NC(N)=NCCC(=O)O.O=C(O)CCC(=O)O. The molecule has 0 amide bonds. The van der Waals surface area contributed by atoms with Crippen LogP contribution >= 0.6 is 0 Å². The van der Waals surface area contributed by atoms with E-state index in [-0.39, 0.29) is 50.7 Å². The molecule has 14 nitrogen and oxygen atoms in total. The minimum absolute atomic E-state index is 0.0299. The van der Waals surface area contributed by atoms with E-state index in [1.807, 2.05) is 0 Å². The van der Waals surface area contributed by atoms with Crippen LogP contribution in [0.25, 0.3) is 0 Å². The van der Waals surface area contributed by atoms with Crippen molar-refractivity contribution in [1.82, 2.24) is 0 Å². The molecule has 12 N–H and O–H groups in total. The van der Waals surface area contributed by atoms with Gasteiger partial charge in [0, 0.05) is 0 Å². The molecule has 0 aromatic rings. The second-order valence-corrected chi connectivity index (χ2v) is 4.19. The molecule has 0 aliphatic rings. The summed E-state index contributed by atoms with van der Waals surface area (Å²) in [4.78, 5) is 45.9. The summed E-state index contributed by atoms with van der Waals surface area (Å²) in [6.45, 7) is 0.301. The summed E-state index contributed by atoms with van der Waals surface area (Å²) in [5.74, 6) is -4.10. The van der Waals surface area contributed by atoms with Crippen LogP contribution in [0.3, 0.4) is 0 Å². The van der Waals surface area contributed by atoms with Gasteiger partial charge in [0.1, 0.15) is 0 Å². The van der Waals surface area contributed by atoms with Gasteiger partial charge in [-0.1, -0.05) is 0 Å². The molecule has 150 valence electrons. The fourth-order valence-electron chi connectivity index (χ4n) is 0.775. The molecule has 0 aromatic carbocycles. The zero-order valence-electron chi connectivity index (χ0n) is 13.9. The van der Waals surface area contributed by atoms with Crippen molar-refractivity contribution in [2.24, 2.45) is 32.9 Å². The third-order valence-electron chi connectivity index (χ3n) is 1.79. The molecule has 0 heterocycles. The van der Waals surface area contributed by atoms with Crippen LogP contribution < -0.4 is 22.9 Å². The number of nitrogens with zero attached hydrogens (tertiary/aromatic N) is 2. The van der Waals surface area contributed by atoms with Crippen LogP contribution in [0.2, 0.25) is 0 Å². The summed E-state index contributed by atoms with van der Waals surface area (Å²) in [6, 6.07) is 0. The average molecular weight is 380 g/mol. The number of hydrogen-bond donors (Lipinski definition) is 8. The first-order valence-corrected chi connectivity index (χ1v) is 6.86. The molecule has 0 rings (SSSR count). The monoisotopic (exact) mass is 380 g/mol. The highest BCUT2D eigenvalue weighted by atomic mass is 16.4. The molecular formula is C12H24N6O8. The zero-order valence-corrected chi connectivity index (χ0v) is 13.9. The molecule has 0 unspecified atom stereocenters. The molecule has 0 spiro atoms. The molecule has 0 saturated heterocycles. The molecule has 0 bridgehead atoms. The van der Waals surface area contributed by atoms with Crippen molar-refractivity contribution < 1.29 is 39.6 Å². The van der Waals surface area contributed by atoms with Crippen molar-refractivity contribution in [3.05, 3.63) is 0 Å². The lowest BCUT2D eigenvalue weighted by Crippen LogP contribution is -2.23. The van der Waals surface area contributed by atoms with Crippen LogP contribution in [0.15, 0.2) is 9.98 Å². The van der Waals surface area contributed by atoms with Crippen LogP contribution in [0.1, 0.15) is 25.7 Å². The summed E-state index contributed by atoms with van der Waals surface area (Å²) in [6.07, 6.45) is -0.652. The maximum absolute atomic E-state index is 9.83. The Hall–Kier alpha value is -3.58. The van der Waals surface area contributed by atoms with Crippen LogP contribution in [-0.2, 0) is 19.2 Å². The van der Waals surface area contributed by atoms with E-state index in [0.717, 1.165) is 0 Å². The predicted octanol–water partition coefficient (Wildman–Crippen LogP) is -2.60. The largest absolute Gasteiger partial charge is 0.481 e. The van der Waals surface area contributed by atoms with Crippen molar-refractivity contribution in [2.45, 2.75) is 25.7 Å². The molecule has 0 aliphatic heterocycles. The Morgan fingerprint density at radius 2 is 0.769 bits per heavy atom. The van der Waals surface area contributed by atoms with E-state index in [9.17, 15) is 19.2 Å². The Bertz CT molecular complexity index is 466. The van der Waals surface area contributed by atoms with E-state index in [2.05, 4.69) is 9.98 Å². The van der Waals surface area contributed by atoms with Gasteiger partial charge in [0.2, 0.25) is 0 Å². The lowest BCUT2D eigenvalue weighted by molar-refractivity contribution is -0.143. The number of aliphatic carboxylic acids is 4. The van der Waals surface area contributed by atoms with Crippen molar-refractivity contribution in [1.29, 1.82) is 0 Å². The lowest BCUT2D eigenvalue weighted by Gasteiger charge is -1.89. The van der Waals surface area contributed by atoms with E-state index in [1.54, 1.807) is 0 Å². The van der Waals surface area contributed by atoms with Crippen LogP contribution in [0, 0.1) is 0 Å². The highest BCUT2D eigenvalue weighted by Gasteiger charge is 2.00. The fraction of sp³-hybridized carbons (Fsp3) is 0.500. The summed E-state index contributed by atoms with van der Waals surface area (Å²) in [7, 11) is 0. The van der Waals surface area contributed by atoms with Crippen molar-refractivity contribution in [2.75, 3.05) is 13.1 Å². The van der Waals surface area contributed by atoms with E-state index in [4.69, 9.17) is 43.4 Å². The zero-order chi connectivity index (χ0) is 21.1. The Kier molecular flexibility index (Phi) is 18.6. The normalized spacial score (nSPS) is 8.46. The number of rotatable bonds is 9. The minimum atomic E-state index is -1.08. The van der Waals surface area contributed by atoms with Crippen LogP contribution in [0.4, 0.5) is 0 Å². The summed E-state index contributed by atoms with van der Waals surface area (Å²) in [5.41, 5.74) is 19.7. The highest BCUT2D eigenvalue weighted by molar-refractivity contribution is 5.76. The number of hydrogen-bond acceptors (Lipinski definition) is 6. The Labute approximate surface area is 148 Å². The first-order valence-electron chi connectivity index (χ1n) is 6.86. The quantitative estimate of drug-likeness (QED) is 0.151. The minimum Gasteiger partial charge on any atom is -0.481 e. The number of nitrogens with two attached hydrogens (primary N) is 4. The van der Waals surface area contributed by atoms with Gasteiger partial charge in [-0.05, 0) is 0 Å². The molecule has 0 aliphatic carbocycles. The number of carbonyl (C=O) groups is 4. The molecule has 0 radical (unpaired) electrons. The van der Waals surface area contributed by atoms with Gasteiger partial charge in [-0.15, -0.1) is 0 Å². The van der Waals surface area contributed by atoms with Gasteiger partial charge < -0.3 is 43.4 Å². The molecule has 14 heteroatoms. The van der Waals surface area contributed by atoms with Crippen LogP contribution in [-0.4, -0.2) is 69.3 Å². The van der Waals surface area contributed by atoms with Gasteiger partial charge >= 0.3 is 23.9 Å². The molecule has 0 fully saturated rings. The first-order chi connectivity index (χ1) is 11.9. The van der Waals surface area contributed by atoms with E-state index < -0.39 is 23.9 Å². The molecule has 26 heavy (non-hydrogen) atoms. The molecule has 0 saturated carbocycles. The predicted molar refractivity (Wildman–Crippen MR) is 90.4 cm³/mol. The van der Waals surface area contributed by atoms with Gasteiger partial charge in [-0.25, -0.2) is 0 Å². The molecule has 0 aromatic heterocycles. The second-order valence-electron chi connectivity index (χ2n) is 4.19. The summed E-state index contributed by atoms with van der Waals surface area (Å²) >= 11 is 0. The Balaban J connectivity index is -0.000000306. The van der Waals surface area contributed by atoms with Gasteiger partial charge in [-0.2, -0.15) is 0 Å². The van der Waals surface area contributed by atoms with E-state index >= 15 is 0 Å². The summed E-state index contributed by atoms with van der Waals surface area (Å²) < 4.78 is 0. The maximum Gasteiger partial charge on any atom is 0.305 e. The van der Waals surface area contributed by atoms with Gasteiger partial charge in [0.05, 0.1) is 38.8 Å². The van der Waals surface area contributed by atoms with Crippen LogP contribution in [0.5, 0.6) is 0 Å². The first kappa shape index (κ1) is 27.3. The molecular weight excluding hydrogens is 356 g/mol. The summed E-state index contributed by atoms with van der Waals surface area (Å²) in [5, 5.41) is 31.9. The van der Waals surface area contributed by atoms with Crippen molar-refractivity contribution in [3.63, 3.8) is 0 Å². The third kappa shape index (κ3) is 42.8. The number of guanidine groups is 2. The van der Waals surface area contributed by atoms with Gasteiger partial charge in [-0.3, -0.25) is 29.2 Å². The Morgan fingerprint density at radius 3 is 0.923 bits per heavy atom. The maximum atomic E-state index is 9.83. The van der Waals surface area contributed by atoms with Crippen molar-refractivity contribution >= 4 is 35.8 Å². The molecule has 0 atom stereocenters. The van der Waals surface area contributed by atoms with Gasteiger partial charge in [0.25, 0.3) is 0 Å². The smallest absolute Gasteiger partial charge is 0.305 e. The van der Waals surface area contributed by atoms with E-state index in [1.165, 1.54) is 0 Å². The standard InChI is InChI=1S/2C4H9N3O2.C4H6O4/c2*5-4(6)7-2-1-3(8)9;5-3(6)1-2-4(7)8/h2*1-2H2,(H,8,9)(H4,5,6,7);1-2H2,(H,5,6)(H,7,8). The second kappa shape index (κ2) is 17.8. The topological polar surface area (TPSA) is 278 Å². The Morgan fingerprint density at radius 1 is 0.538 bits per heavy atom. The van der Waals surface area contributed by atoms with E-state index in [0.29, 0.717) is 0 Å². The number of carboxylic acids is 4. The third-order valence-corrected chi connectivity index (χ3v) is 1.79.